The molecule has 3 heterocycles. The van der Waals surface area contributed by atoms with Crippen LogP contribution in [0.2, 0.25) is 0 Å². The zero-order valence-corrected chi connectivity index (χ0v) is 15.6. The van der Waals surface area contributed by atoms with Gasteiger partial charge in [0.15, 0.2) is 6.29 Å². The first-order valence-corrected chi connectivity index (χ1v) is 9.09. The van der Waals surface area contributed by atoms with Gasteiger partial charge < -0.3 is 20.8 Å². The molecular formula is C18H18FN7O4. The van der Waals surface area contributed by atoms with Crippen LogP contribution in [0.3, 0.4) is 0 Å². The molecule has 0 unspecified atom stereocenters. The summed E-state index contributed by atoms with van der Waals surface area (Å²) < 4.78 is 16.4. The highest BCUT2D eigenvalue weighted by Gasteiger charge is 2.25. The van der Waals surface area contributed by atoms with Crippen molar-refractivity contribution in [3.63, 3.8) is 0 Å². The van der Waals surface area contributed by atoms with Crippen molar-refractivity contribution in [2.24, 2.45) is 0 Å². The molecule has 0 radical (unpaired) electrons. The van der Waals surface area contributed by atoms with Crippen LogP contribution in [0.15, 0.2) is 35.6 Å². The maximum atomic E-state index is 13.7. The fourth-order valence-electron chi connectivity index (χ4n) is 3.26. The summed E-state index contributed by atoms with van der Waals surface area (Å²) in [5, 5.41) is 28.2. The summed E-state index contributed by atoms with van der Waals surface area (Å²) in [6.45, 7) is 0.836. The summed E-state index contributed by atoms with van der Waals surface area (Å²) in [4.78, 5) is 33.5. The van der Waals surface area contributed by atoms with Crippen molar-refractivity contribution < 1.29 is 19.4 Å². The van der Waals surface area contributed by atoms with Crippen LogP contribution < -0.4 is 16.2 Å². The third kappa shape index (κ3) is 3.77. The van der Waals surface area contributed by atoms with Crippen molar-refractivity contribution in [3.8, 4) is 5.69 Å². The molecule has 156 valence electrons. The summed E-state index contributed by atoms with van der Waals surface area (Å²) in [6.07, 6.45) is 0.454. The van der Waals surface area contributed by atoms with Crippen molar-refractivity contribution in [1.29, 1.82) is 0 Å². The number of fused-ring (bicyclic) bond motifs is 1. The molecule has 0 bridgehead atoms. The van der Waals surface area contributed by atoms with Crippen molar-refractivity contribution >= 4 is 11.9 Å². The number of hydrogen-bond donors (Lipinski definition) is 4. The number of rotatable bonds is 6. The molecular weight excluding hydrogens is 397 g/mol. The van der Waals surface area contributed by atoms with Gasteiger partial charge >= 0.3 is 0 Å². The van der Waals surface area contributed by atoms with Crippen LogP contribution in [-0.4, -0.2) is 53.3 Å². The second kappa shape index (κ2) is 8.00. The molecule has 1 amide bonds. The third-order valence-electron chi connectivity index (χ3n) is 4.64. The summed E-state index contributed by atoms with van der Waals surface area (Å²) in [5.41, 5.74) is 0.148. The molecule has 3 aromatic rings. The third-order valence-corrected chi connectivity index (χ3v) is 4.64. The topological polar surface area (TPSA) is 147 Å². The van der Waals surface area contributed by atoms with Crippen molar-refractivity contribution in [2.45, 2.75) is 25.8 Å². The van der Waals surface area contributed by atoms with Crippen molar-refractivity contribution in [2.75, 3.05) is 11.9 Å². The average Bonchev–Trinajstić information content (AvgIpc) is 3.40. The number of aliphatic hydroxyl groups is 2. The zero-order chi connectivity index (χ0) is 21.3. The first-order chi connectivity index (χ1) is 14.4. The smallest absolute Gasteiger partial charge is 0.270 e. The van der Waals surface area contributed by atoms with Gasteiger partial charge in [-0.15, -0.1) is 0 Å². The minimum absolute atomic E-state index is 0.0110. The summed E-state index contributed by atoms with van der Waals surface area (Å²) in [6, 6.07) is 4.00. The SMILES string of the molecule is O=C(NCc1ccc(F)cc1-n1cncn1)c1nc2n(c(=O)c1CC(O)O)CCN2. The zero-order valence-electron chi connectivity index (χ0n) is 15.6. The van der Waals surface area contributed by atoms with Crippen molar-refractivity contribution in [3.05, 3.63) is 63.8 Å². The van der Waals surface area contributed by atoms with E-state index in [9.17, 15) is 24.2 Å². The molecule has 0 spiro atoms. The van der Waals surface area contributed by atoms with Crippen LogP contribution >= 0.6 is 0 Å². The Morgan fingerprint density at radius 3 is 2.93 bits per heavy atom. The quantitative estimate of drug-likeness (QED) is 0.382. The molecule has 0 aliphatic carbocycles. The minimum atomic E-state index is -1.81. The number of aliphatic hydroxyl groups excluding tert-OH is 1. The Bertz CT molecular complexity index is 1140. The van der Waals surface area contributed by atoms with Gasteiger partial charge in [-0.2, -0.15) is 5.10 Å². The van der Waals surface area contributed by atoms with Crippen LogP contribution in [0.1, 0.15) is 21.6 Å². The molecule has 30 heavy (non-hydrogen) atoms. The number of carbonyl (C=O) groups is 1. The number of nitrogens with zero attached hydrogens (tertiary/aromatic N) is 5. The lowest BCUT2D eigenvalue weighted by Crippen LogP contribution is -2.33. The lowest BCUT2D eigenvalue weighted by molar-refractivity contribution is -0.0385. The maximum Gasteiger partial charge on any atom is 0.270 e. The molecule has 11 nitrogen and oxygen atoms in total. The van der Waals surface area contributed by atoms with E-state index in [2.05, 4.69) is 25.7 Å². The highest BCUT2D eigenvalue weighted by atomic mass is 19.1. The molecule has 1 aromatic carbocycles. The molecule has 0 saturated heterocycles. The maximum absolute atomic E-state index is 13.7. The van der Waals surface area contributed by atoms with Gasteiger partial charge in [-0.3, -0.25) is 14.2 Å². The molecule has 4 rings (SSSR count). The number of benzene rings is 1. The molecule has 1 aliphatic rings. The van der Waals surface area contributed by atoms with Crippen LogP contribution in [0.4, 0.5) is 10.3 Å². The predicted octanol–water partition coefficient (Wildman–Crippen LogP) is -0.828. The van der Waals surface area contributed by atoms with E-state index in [1.165, 1.54) is 40.1 Å². The highest BCUT2D eigenvalue weighted by Crippen LogP contribution is 2.17. The van der Waals surface area contributed by atoms with Gasteiger partial charge in [0, 0.05) is 26.1 Å². The number of amides is 1. The number of hydrogen-bond acceptors (Lipinski definition) is 8. The Morgan fingerprint density at radius 1 is 1.37 bits per heavy atom. The lowest BCUT2D eigenvalue weighted by Gasteiger charge is -2.14. The minimum Gasteiger partial charge on any atom is -0.368 e. The molecule has 0 atom stereocenters. The van der Waals surface area contributed by atoms with Gasteiger partial charge in [0.05, 0.1) is 11.3 Å². The van der Waals surface area contributed by atoms with E-state index in [4.69, 9.17) is 0 Å². The van der Waals surface area contributed by atoms with Crippen LogP contribution in [0, 0.1) is 5.82 Å². The van der Waals surface area contributed by atoms with Crippen LogP contribution in [-0.2, 0) is 19.5 Å². The largest absolute Gasteiger partial charge is 0.368 e. The number of anilines is 1. The van der Waals surface area contributed by atoms with Crippen molar-refractivity contribution in [1.82, 2.24) is 29.6 Å². The van der Waals surface area contributed by atoms with E-state index < -0.39 is 30.0 Å². The van der Waals surface area contributed by atoms with E-state index >= 15 is 0 Å². The number of carbonyl (C=O) groups excluding carboxylic acids is 1. The van der Waals surface area contributed by atoms with Gasteiger partial charge in [-0.25, -0.2) is 19.0 Å². The number of aromatic nitrogens is 5. The average molecular weight is 415 g/mol. The van der Waals surface area contributed by atoms with Crippen LogP contribution in [0.25, 0.3) is 5.69 Å². The Hall–Kier alpha value is -3.64. The molecule has 4 N–H and O–H groups in total. The fraction of sp³-hybridized carbons (Fsp3) is 0.278. The molecule has 0 saturated carbocycles. The second-order valence-electron chi connectivity index (χ2n) is 6.63. The molecule has 2 aromatic heterocycles. The predicted molar refractivity (Wildman–Crippen MR) is 101 cm³/mol. The Balaban J connectivity index is 1.63. The van der Waals surface area contributed by atoms with Gasteiger partial charge in [0.1, 0.15) is 24.2 Å². The van der Waals surface area contributed by atoms with Crippen LogP contribution in [0.5, 0.6) is 0 Å². The molecule has 1 aliphatic heterocycles. The Kier molecular flexibility index (Phi) is 5.25. The van der Waals surface area contributed by atoms with E-state index in [1.54, 1.807) is 0 Å². The van der Waals surface area contributed by atoms with Gasteiger partial charge in [0.25, 0.3) is 11.5 Å². The van der Waals surface area contributed by atoms with Gasteiger partial charge in [-0.05, 0) is 17.7 Å². The lowest BCUT2D eigenvalue weighted by atomic mass is 10.1. The number of halogens is 1. The summed E-state index contributed by atoms with van der Waals surface area (Å²) in [5.74, 6) is -0.908. The fourth-order valence-corrected chi connectivity index (χ4v) is 3.26. The van der Waals surface area contributed by atoms with E-state index in [-0.39, 0.29) is 23.8 Å². The first-order valence-electron chi connectivity index (χ1n) is 9.09. The standard InChI is InChI=1S/C18H18FN7O4/c19-11-2-1-10(13(5-11)26-9-20-8-23-26)7-22-16(29)15-12(6-14(27)28)17(30)25-4-3-21-18(25)24-15/h1-2,5,8-9,14,27-28H,3-4,6-7H2,(H,21,24)(H,22,29). The second-order valence-corrected chi connectivity index (χ2v) is 6.63. The first kappa shape index (κ1) is 19.7. The van der Waals surface area contributed by atoms with Gasteiger partial charge in [-0.1, -0.05) is 6.07 Å². The number of nitrogens with one attached hydrogen (secondary N) is 2. The molecule has 0 fully saturated rings. The monoisotopic (exact) mass is 415 g/mol. The van der Waals surface area contributed by atoms with E-state index in [0.717, 1.165) is 0 Å². The Morgan fingerprint density at radius 2 is 2.20 bits per heavy atom. The highest BCUT2D eigenvalue weighted by molar-refractivity contribution is 5.94. The van der Waals surface area contributed by atoms with E-state index in [1.807, 2.05) is 0 Å². The van der Waals surface area contributed by atoms with Gasteiger partial charge in [0.2, 0.25) is 5.95 Å². The summed E-state index contributed by atoms with van der Waals surface area (Å²) >= 11 is 0. The normalized spacial score (nSPS) is 12.7. The van der Waals surface area contributed by atoms with E-state index in [0.29, 0.717) is 24.3 Å². The summed E-state index contributed by atoms with van der Waals surface area (Å²) in [7, 11) is 0. The molecule has 12 heteroatoms. The Labute approximate surface area is 168 Å².